The normalized spacial score (nSPS) is 27.4. The summed E-state index contributed by atoms with van der Waals surface area (Å²) in [6.45, 7) is 2.75. The predicted molar refractivity (Wildman–Crippen MR) is 60.8 cm³/mol. The number of nitrogens with two attached hydrogens (primary N) is 1. The molecule has 0 bridgehead atoms. The van der Waals surface area contributed by atoms with Gasteiger partial charge in [-0.15, -0.1) is 0 Å². The average molecular weight is 209 g/mol. The van der Waals surface area contributed by atoms with Crippen LogP contribution in [0.25, 0.3) is 0 Å². The smallest absolute Gasteiger partial charge is 0.122 e. The summed E-state index contributed by atoms with van der Waals surface area (Å²) in [6, 6.07) is 0.559. The average Bonchev–Trinajstić information content (AvgIpc) is 2.63. The molecule has 0 aromatic rings. The van der Waals surface area contributed by atoms with E-state index in [9.17, 15) is 0 Å². The van der Waals surface area contributed by atoms with E-state index in [2.05, 4.69) is 16.9 Å². The standard InChI is InChI=1S/C11H19N3O/c1-14-6-2-3-9(14)8-15-11-4-5-13-7-10(11)12/h7,9H,2-6,8,12H2,1H3/t9-/m1/s1. The second-order valence-electron chi connectivity index (χ2n) is 4.25. The molecular formula is C11H19N3O. The first kappa shape index (κ1) is 10.5. The summed E-state index contributed by atoms with van der Waals surface area (Å²) < 4.78 is 5.77. The lowest BCUT2D eigenvalue weighted by atomic mass is 10.2. The molecule has 2 aliphatic rings. The Morgan fingerprint density at radius 2 is 2.53 bits per heavy atom. The third-order valence-corrected chi connectivity index (χ3v) is 3.14. The van der Waals surface area contributed by atoms with Crippen LogP contribution in [0, 0.1) is 0 Å². The van der Waals surface area contributed by atoms with Gasteiger partial charge >= 0.3 is 0 Å². The topological polar surface area (TPSA) is 50.9 Å². The van der Waals surface area contributed by atoms with Gasteiger partial charge in [-0.3, -0.25) is 4.99 Å². The van der Waals surface area contributed by atoms with Gasteiger partial charge in [-0.2, -0.15) is 0 Å². The van der Waals surface area contributed by atoms with Gasteiger partial charge in [-0.05, 0) is 26.4 Å². The Hall–Kier alpha value is -1.03. The molecule has 0 unspecified atom stereocenters. The number of dihydropyridines is 1. The van der Waals surface area contributed by atoms with Crippen LogP contribution in [0.2, 0.25) is 0 Å². The van der Waals surface area contributed by atoms with Crippen molar-refractivity contribution in [2.75, 3.05) is 26.7 Å². The fourth-order valence-corrected chi connectivity index (χ4v) is 2.09. The number of rotatable bonds is 3. The third-order valence-electron chi connectivity index (χ3n) is 3.14. The van der Waals surface area contributed by atoms with Crippen LogP contribution < -0.4 is 5.73 Å². The summed E-state index contributed by atoms with van der Waals surface area (Å²) in [5, 5.41) is 0. The molecule has 2 heterocycles. The summed E-state index contributed by atoms with van der Waals surface area (Å²) in [7, 11) is 2.15. The first-order chi connectivity index (χ1) is 7.27. The molecule has 4 nitrogen and oxygen atoms in total. The van der Waals surface area contributed by atoms with E-state index in [1.807, 2.05) is 0 Å². The van der Waals surface area contributed by atoms with Gasteiger partial charge in [-0.1, -0.05) is 0 Å². The van der Waals surface area contributed by atoms with Crippen molar-refractivity contribution in [2.45, 2.75) is 25.3 Å². The molecule has 0 spiro atoms. The molecule has 2 rings (SSSR count). The maximum absolute atomic E-state index is 5.79. The highest BCUT2D eigenvalue weighted by atomic mass is 16.5. The molecule has 2 N–H and O–H groups in total. The van der Waals surface area contributed by atoms with Crippen molar-refractivity contribution in [1.29, 1.82) is 0 Å². The van der Waals surface area contributed by atoms with Gasteiger partial charge in [0.15, 0.2) is 0 Å². The number of ether oxygens (including phenoxy) is 1. The van der Waals surface area contributed by atoms with Crippen molar-refractivity contribution in [3.8, 4) is 0 Å². The van der Waals surface area contributed by atoms with Gasteiger partial charge in [0.2, 0.25) is 0 Å². The maximum atomic E-state index is 5.79. The quantitative estimate of drug-likeness (QED) is 0.746. The highest BCUT2D eigenvalue weighted by Crippen LogP contribution is 2.18. The SMILES string of the molecule is CN1CCC[C@@H]1COC1=C(N)C=NCC1. The lowest BCUT2D eigenvalue weighted by molar-refractivity contribution is 0.132. The largest absolute Gasteiger partial charge is 0.494 e. The number of likely N-dealkylation sites (N-methyl/N-ethyl adjacent to an activating group) is 1. The van der Waals surface area contributed by atoms with Crippen LogP contribution in [-0.4, -0.2) is 43.9 Å². The highest BCUT2D eigenvalue weighted by molar-refractivity contribution is 5.78. The third kappa shape index (κ3) is 2.50. The van der Waals surface area contributed by atoms with Crippen molar-refractivity contribution >= 4 is 6.21 Å². The zero-order chi connectivity index (χ0) is 10.7. The Bertz CT molecular complexity index is 286. The Kier molecular flexibility index (Phi) is 3.26. The minimum absolute atomic E-state index is 0.559. The van der Waals surface area contributed by atoms with Crippen molar-refractivity contribution < 1.29 is 4.74 Å². The van der Waals surface area contributed by atoms with E-state index in [0.717, 1.165) is 25.3 Å². The molecule has 0 amide bonds. The molecular weight excluding hydrogens is 190 g/mol. The minimum atomic E-state index is 0.559. The summed E-state index contributed by atoms with van der Waals surface area (Å²) in [4.78, 5) is 6.46. The summed E-state index contributed by atoms with van der Waals surface area (Å²) in [6.07, 6.45) is 5.06. The van der Waals surface area contributed by atoms with Crippen molar-refractivity contribution in [1.82, 2.24) is 4.90 Å². The number of likely N-dealkylation sites (tertiary alicyclic amines) is 1. The fourth-order valence-electron chi connectivity index (χ4n) is 2.09. The van der Waals surface area contributed by atoms with E-state index in [-0.39, 0.29) is 0 Å². The summed E-state index contributed by atoms with van der Waals surface area (Å²) in [5.74, 6) is 0.922. The molecule has 15 heavy (non-hydrogen) atoms. The molecule has 1 fully saturated rings. The number of allylic oxidation sites excluding steroid dienone is 1. The first-order valence-electron chi connectivity index (χ1n) is 5.59. The Balaban J connectivity index is 1.84. The first-order valence-corrected chi connectivity index (χ1v) is 5.59. The van der Waals surface area contributed by atoms with Gasteiger partial charge in [0, 0.05) is 25.2 Å². The zero-order valence-corrected chi connectivity index (χ0v) is 9.28. The zero-order valence-electron chi connectivity index (χ0n) is 9.28. The molecule has 1 atom stereocenters. The minimum Gasteiger partial charge on any atom is -0.494 e. The molecule has 2 aliphatic heterocycles. The van der Waals surface area contributed by atoms with Gasteiger partial charge in [0.1, 0.15) is 12.4 Å². The monoisotopic (exact) mass is 209 g/mol. The molecule has 1 saturated heterocycles. The van der Waals surface area contributed by atoms with E-state index < -0.39 is 0 Å². The van der Waals surface area contributed by atoms with Crippen molar-refractivity contribution in [3.63, 3.8) is 0 Å². The number of hydrogen-bond donors (Lipinski definition) is 1. The second kappa shape index (κ2) is 4.66. The maximum Gasteiger partial charge on any atom is 0.122 e. The van der Waals surface area contributed by atoms with Crippen LogP contribution in [0.5, 0.6) is 0 Å². The Morgan fingerprint density at radius 1 is 1.67 bits per heavy atom. The lowest BCUT2D eigenvalue weighted by Crippen LogP contribution is -2.30. The van der Waals surface area contributed by atoms with Gasteiger partial charge in [-0.25, -0.2) is 0 Å². The molecule has 0 saturated carbocycles. The van der Waals surface area contributed by atoms with E-state index in [4.69, 9.17) is 10.5 Å². The van der Waals surface area contributed by atoms with Crippen molar-refractivity contribution in [2.24, 2.45) is 10.7 Å². The van der Waals surface area contributed by atoms with E-state index in [1.165, 1.54) is 19.4 Å². The number of aliphatic imine (C=N–C) groups is 1. The van der Waals surface area contributed by atoms with Crippen LogP contribution in [0.4, 0.5) is 0 Å². The molecule has 0 aromatic heterocycles. The molecule has 84 valence electrons. The molecule has 0 radical (unpaired) electrons. The van der Waals surface area contributed by atoms with Crippen LogP contribution in [-0.2, 0) is 4.74 Å². The molecule has 0 aromatic carbocycles. The van der Waals surface area contributed by atoms with Crippen molar-refractivity contribution in [3.05, 3.63) is 11.5 Å². The predicted octanol–water partition coefficient (Wildman–Crippen LogP) is 0.742. The van der Waals surface area contributed by atoms with E-state index in [1.54, 1.807) is 6.21 Å². The fraction of sp³-hybridized carbons (Fsp3) is 0.727. The van der Waals surface area contributed by atoms with Crippen LogP contribution in [0.3, 0.4) is 0 Å². The molecule has 4 heteroatoms. The highest BCUT2D eigenvalue weighted by Gasteiger charge is 2.22. The van der Waals surface area contributed by atoms with E-state index >= 15 is 0 Å². The van der Waals surface area contributed by atoms with Crippen LogP contribution in [0.1, 0.15) is 19.3 Å². The van der Waals surface area contributed by atoms with E-state index in [0.29, 0.717) is 11.7 Å². The molecule has 0 aliphatic carbocycles. The van der Waals surface area contributed by atoms with Crippen LogP contribution in [0.15, 0.2) is 16.4 Å². The summed E-state index contributed by atoms with van der Waals surface area (Å²) >= 11 is 0. The Labute approximate surface area is 90.8 Å². The van der Waals surface area contributed by atoms with Gasteiger partial charge in [0.25, 0.3) is 0 Å². The Morgan fingerprint density at radius 3 is 3.20 bits per heavy atom. The summed E-state index contributed by atoms with van der Waals surface area (Å²) in [5.41, 5.74) is 6.49. The van der Waals surface area contributed by atoms with Gasteiger partial charge in [0.05, 0.1) is 5.70 Å². The number of nitrogens with zero attached hydrogens (tertiary/aromatic N) is 2. The lowest BCUT2D eigenvalue weighted by Gasteiger charge is -2.22. The number of hydrogen-bond acceptors (Lipinski definition) is 4. The van der Waals surface area contributed by atoms with Gasteiger partial charge < -0.3 is 15.4 Å². The second-order valence-corrected chi connectivity index (χ2v) is 4.25. The van der Waals surface area contributed by atoms with Crippen LogP contribution >= 0.6 is 0 Å².